The number of hydrogen-bond acceptors (Lipinski definition) is 2. The first-order valence-corrected chi connectivity index (χ1v) is 8.00. The van der Waals surface area contributed by atoms with Crippen LogP contribution in [0, 0.1) is 5.41 Å². The van der Waals surface area contributed by atoms with Crippen molar-refractivity contribution in [2.24, 2.45) is 5.41 Å². The molecule has 1 aromatic carbocycles. The minimum atomic E-state index is 0.0296. The Hall–Kier alpha value is -1.28. The summed E-state index contributed by atoms with van der Waals surface area (Å²) in [6, 6.07) is 8.00. The van der Waals surface area contributed by atoms with E-state index >= 15 is 0 Å². The van der Waals surface area contributed by atoms with E-state index in [0.29, 0.717) is 6.61 Å². The van der Waals surface area contributed by atoms with Crippen LogP contribution < -0.4 is 4.74 Å². The van der Waals surface area contributed by atoms with E-state index in [1.807, 2.05) is 30.3 Å². The Balaban J connectivity index is 2.23. The standard InChI is InChI=1S/C19H30O2/c1-5-7-8-9-14-20-15-19(3,4)16-21-18-12-10-17(6-2)11-13-18/h6,10-13H,2,5,7-9,14-16H2,1,3-4H3. The molecule has 0 fully saturated rings. The topological polar surface area (TPSA) is 18.5 Å². The van der Waals surface area contributed by atoms with E-state index < -0.39 is 0 Å². The molecule has 1 rings (SSSR count). The van der Waals surface area contributed by atoms with Gasteiger partial charge < -0.3 is 9.47 Å². The highest BCUT2D eigenvalue weighted by Crippen LogP contribution is 2.20. The van der Waals surface area contributed by atoms with Crippen LogP contribution in [0.2, 0.25) is 0 Å². The molecule has 0 saturated carbocycles. The van der Waals surface area contributed by atoms with Crippen molar-refractivity contribution < 1.29 is 9.47 Å². The third-order valence-corrected chi connectivity index (χ3v) is 3.38. The van der Waals surface area contributed by atoms with Gasteiger partial charge in [0.2, 0.25) is 0 Å². The maximum absolute atomic E-state index is 5.85. The van der Waals surface area contributed by atoms with Crippen molar-refractivity contribution in [2.75, 3.05) is 19.8 Å². The van der Waals surface area contributed by atoms with Gasteiger partial charge in [-0.3, -0.25) is 0 Å². The maximum Gasteiger partial charge on any atom is 0.119 e. The predicted molar refractivity (Wildman–Crippen MR) is 90.8 cm³/mol. The zero-order valence-electron chi connectivity index (χ0n) is 13.9. The zero-order valence-corrected chi connectivity index (χ0v) is 13.9. The Morgan fingerprint density at radius 3 is 2.38 bits per heavy atom. The van der Waals surface area contributed by atoms with Crippen LogP contribution in [0.1, 0.15) is 52.0 Å². The van der Waals surface area contributed by atoms with Crippen LogP contribution in [-0.4, -0.2) is 19.8 Å². The Bertz CT molecular complexity index is 393. The van der Waals surface area contributed by atoms with Gasteiger partial charge in [0.1, 0.15) is 5.75 Å². The van der Waals surface area contributed by atoms with Crippen LogP contribution in [0.5, 0.6) is 5.75 Å². The number of rotatable bonds is 11. The number of unbranched alkanes of at least 4 members (excludes halogenated alkanes) is 3. The summed E-state index contributed by atoms with van der Waals surface area (Å²) in [5.41, 5.74) is 1.14. The van der Waals surface area contributed by atoms with Crippen LogP contribution in [-0.2, 0) is 4.74 Å². The monoisotopic (exact) mass is 290 g/mol. The molecule has 0 aliphatic carbocycles. The molecule has 0 radical (unpaired) electrons. The fraction of sp³-hybridized carbons (Fsp3) is 0.579. The molecule has 2 nitrogen and oxygen atoms in total. The van der Waals surface area contributed by atoms with Gasteiger partial charge in [0.15, 0.2) is 0 Å². The van der Waals surface area contributed by atoms with Gasteiger partial charge in [-0.25, -0.2) is 0 Å². The summed E-state index contributed by atoms with van der Waals surface area (Å²) in [4.78, 5) is 0. The second kappa shape index (κ2) is 9.62. The summed E-state index contributed by atoms with van der Waals surface area (Å²) in [5.74, 6) is 0.900. The van der Waals surface area contributed by atoms with Gasteiger partial charge in [0.25, 0.3) is 0 Å². The second-order valence-electron chi connectivity index (χ2n) is 6.34. The average molecular weight is 290 g/mol. The van der Waals surface area contributed by atoms with E-state index in [-0.39, 0.29) is 5.41 Å². The molecule has 0 atom stereocenters. The number of ether oxygens (including phenoxy) is 2. The maximum atomic E-state index is 5.85. The summed E-state index contributed by atoms with van der Waals surface area (Å²) in [5, 5.41) is 0. The van der Waals surface area contributed by atoms with Crippen LogP contribution in [0.25, 0.3) is 6.08 Å². The first kappa shape index (κ1) is 17.8. The van der Waals surface area contributed by atoms with Gasteiger partial charge in [-0.05, 0) is 24.1 Å². The molecule has 0 unspecified atom stereocenters. The van der Waals surface area contributed by atoms with Crippen molar-refractivity contribution in [1.29, 1.82) is 0 Å². The minimum absolute atomic E-state index is 0.0296. The fourth-order valence-corrected chi connectivity index (χ4v) is 2.00. The van der Waals surface area contributed by atoms with Crippen molar-refractivity contribution in [3.05, 3.63) is 36.4 Å². The molecule has 0 heterocycles. The molecule has 0 aromatic heterocycles. The average Bonchev–Trinajstić information content (AvgIpc) is 2.49. The van der Waals surface area contributed by atoms with E-state index in [1.165, 1.54) is 19.3 Å². The zero-order chi connectivity index (χ0) is 15.6. The summed E-state index contributed by atoms with van der Waals surface area (Å²) in [6.07, 6.45) is 6.83. The molecule has 0 aliphatic heterocycles. The van der Waals surface area contributed by atoms with E-state index in [4.69, 9.17) is 9.47 Å². The third-order valence-electron chi connectivity index (χ3n) is 3.38. The van der Waals surface area contributed by atoms with Gasteiger partial charge in [-0.2, -0.15) is 0 Å². The first-order valence-electron chi connectivity index (χ1n) is 8.00. The first-order chi connectivity index (χ1) is 10.1. The molecule has 2 heteroatoms. The Morgan fingerprint density at radius 2 is 1.76 bits per heavy atom. The summed E-state index contributed by atoms with van der Waals surface area (Å²) in [6.45, 7) is 12.6. The molecule has 1 aromatic rings. The Labute approximate surface area is 130 Å². The normalized spacial score (nSPS) is 11.4. The van der Waals surface area contributed by atoms with Gasteiger partial charge >= 0.3 is 0 Å². The lowest BCUT2D eigenvalue weighted by atomic mass is 9.96. The van der Waals surface area contributed by atoms with E-state index in [1.54, 1.807) is 0 Å². The predicted octanol–water partition coefficient (Wildman–Crippen LogP) is 5.33. The molecule has 0 N–H and O–H groups in total. The smallest absolute Gasteiger partial charge is 0.119 e. The van der Waals surface area contributed by atoms with Crippen LogP contribution in [0.15, 0.2) is 30.8 Å². The molecule has 0 amide bonds. The number of benzene rings is 1. The van der Waals surface area contributed by atoms with Crippen molar-refractivity contribution in [2.45, 2.75) is 46.5 Å². The lowest BCUT2D eigenvalue weighted by molar-refractivity contribution is 0.0330. The highest BCUT2D eigenvalue weighted by atomic mass is 16.5. The molecule has 118 valence electrons. The second-order valence-corrected chi connectivity index (χ2v) is 6.34. The van der Waals surface area contributed by atoms with Crippen molar-refractivity contribution in [1.82, 2.24) is 0 Å². The Morgan fingerprint density at radius 1 is 1.05 bits per heavy atom. The lowest BCUT2D eigenvalue weighted by Crippen LogP contribution is -2.27. The van der Waals surface area contributed by atoms with Crippen LogP contribution in [0.4, 0.5) is 0 Å². The van der Waals surface area contributed by atoms with Gasteiger partial charge in [-0.1, -0.05) is 64.8 Å². The highest BCUT2D eigenvalue weighted by Gasteiger charge is 2.19. The summed E-state index contributed by atoms with van der Waals surface area (Å²) >= 11 is 0. The summed E-state index contributed by atoms with van der Waals surface area (Å²) < 4.78 is 11.6. The van der Waals surface area contributed by atoms with Crippen LogP contribution >= 0.6 is 0 Å². The SMILES string of the molecule is C=Cc1ccc(OCC(C)(C)COCCCCCC)cc1. The molecular formula is C19H30O2. The largest absolute Gasteiger partial charge is 0.493 e. The van der Waals surface area contributed by atoms with Gasteiger partial charge in [-0.15, -0.1) is 0 Å². The fourth-order valence-electron chi connectivity index (χ4n) is 2.00. The minimum Gasteiger partial charge on any atom is -0.493 e. The van der Waals surface area contributed by atoms with Gasteiger partial charge in [0.05, 0.1) is 13.2 Å². The van der Waals surface area contributed by atoms with Gasteiger partial charge in [0, 0.05) is 12.0 Å². The molecule has 0 aliphatic rings. The van der Waals surface area contributed by atoms with Crippen molar-refractivity contribution in [3.63, 3.8) is 0 Å². The quantitative estimate of drug-likeness (QED) is 0.513. The number of hydrogen-bond donors (Lipinski definition) is 0. The molecule has 0 saturated heterocycles. The summed E-state index contributed by atoms with van der Waals surface area (Å²) in [7, 11) is 0. The molecule has 21 heavy (non-hydrogen) atoms. The van der Waals surface area contributed by atoms with Crippen molar-refractivity contribution >= 4 is 6.08 Å². The Kier molecular flexibility index (Phi) is 8.14. The molecule has 0 spiro atoms. The lowest BCUT2D eigenvalue weighted by Gasteiger charge is -2.24. The molecular weight excluding hydrogens is 260 g/mol. The highest BCUT2D eigenvalue weighted by molar-refractivity contribution is 5.48. The molecule has 0 bridgehead atoms. The van der Waals surface area contributed by atoms with Crippen molar-refractivity contribution in [3.8, 4) is 5.75 Å². The van der Waals surface area contributed by atoms with E-state index in [0.717, 1.165) is 30.9 Å². The van der Waals surface area contributed by atoms with E-state index in [9.17, 15) is 0 Å². The van der Waals surface area contributed by atoms with Crippen LogP contribution in [0.3, 0.4) is 0 Å². The van der Waals surface area contributed by atoms with E-state index in [2.05, 4.69) is 27.4 Å². The third kappa shape index (κ3) is 7.91.